The van der Waals surface area contributed by atoms with Crippen LogP contribution < -0.4 is 5.73 Å². The maximum Gasteiger partial charge on any atom is 0.0617 e. The van der Waals surface area contributed by atoms with Gasteiger partial charge in [-0.05, 0) is 23.8 Å². The molecule has 1 aliphatic rings. The Bertz CT molecular complexity index is 627. The fourth-order valence-electron chi connectivity index (χ4n) is 2.33. The van der Waals surface area contributed by atoms with E-state index in [0.717, 1.165) is 10.6 Å². The number of anilines is 1. The topological polar surface area (TPSA) is 43.1 Å². The largest absolute Gasteiger partial charge is 0.398 e. The summed E-state index contributed by atoms with van der Waals surface area (Å²) in [4.78, 5) is 2.09. The predicted octanol–water partition coefficient (Wildman–Crippen LogP) is 3.27. The lowest BCUT2D eigenvalue weighted by molar-refractivity contribution is 0.678. The molecule has 3 rings (SSSR count). The van der Waals surface area contributed by atoms with E-state index in [1.165, 1.54) is 10.5 Å². The first-order valence-electron chi connectivity index (χ1n) is 6.20. The summed E-state index contributed by atoms with van der Waals surface area (Å²) in [5.41, 5.74) is 7.85. The number of hydrogen-bond donors (Lipinski definition) is 1. The summed E-state index contributed by atoms with van der Waals surface area (Å²) >= 11 is 1.85. The molecule has 0 amide bonds. The van der Waals surface area contributed by atoms with Crippen molar-refractivity contribution in [2.45, 2.75) is 15.7 Å². The highest BCUT2D eigenvalue weighted by Crippen LogP contribution is 2.40. The van der Waals surface area contributed by atoms with Crippen molar-refractivity contribution in [3.8, 4) is 0 Å². The third-order valence-electron chi connectivity index (χ3n) is 3.32. The smallest absolute Gasteiger partial charge is 0.0617 e. The standard InChI is InChI=1S/C15H15NOS2/c16-13-6-2-4-8-15(13)19(17)10-11-9-18-14-7-3-1-5-12(11)14/h1-8,11H,9-10,16H2. The van der Waals surface area contributed by atoms with Crippen LogP contribution in [0, 0.1) is 0 Å². The third kappa shape index (κ3) is 2.55. The molecule has 1 aliphatic heterocycles. The zero-order valence-electron chi connectivity index (χ0n) is 10.4. The Hall–Kier alpha value is -1.26. The van der Waals surface area contributed by atoms with Crippen LogP contribution in [-0.2, 0) is 10.8 Å². The van der Waals surface area contributed by atoms with Crippen molar-refractivity contribution in [3.63, 3.8) is 0 Å². The second-order valence-corrected chi connectivity index (χ2v) is 7.12. The summed E-state index contributed by atoms with van der Waals surface area (Å²) in [5.74, 6) is 2.03. The van der Waals surface area contributed by atoms with Crippen LogP contribution in [0.1, 0.15) is 11.5 Å². The van der Waals surface area contributed by atoms with Crippen LogP contribution in [0.5, 0.6) is 0 Å². The minimum atomic E-state index is -1.03. The Morgan fingerprint density at radius 1 is 1.16 bits per heavy atom. The lowest BCUT2D eigenvalue weighted by Crippen LogP contribution is -2.10. The summed E-state index contributed by atoms with van der Waals surface area (Å²) in [6.07, 6.45) is 0. The van der Waals surface area contributed by atoms with E-state index >= 15 is 0 Å². The highest BCUT2D eigenvalue weighted by molar-refractivity contribution is 7.99. The van der Waals surface area contributed by atoms with Gasteiger partial charge in [0.05, 0.1) is 15.7 Å². The number of thioether (sulfide) groups is 1. The van der Waals surface area contributed by atoms with Gasteiger partial charge in [-0.15, -0.1) is 11.8 Å². The van der Waals surface area contributed by atoms with Gasteiger partial charge in [0.15, 0.2) is 0 Å². The average molecular weight is 289 g/mol. The Kier molecular flexibility index (Phi) is 3.62. The molecule has 98 valence electrons. The highest BCUT2D eigenvalue weighted by atomic mass is 32.2. The van der Waals surface area contributed by atoms with Gasteiger partial charge in [0.2, 0.25) is 0 Å². The van der Waals surface area contributed by atoms with E-state index in [0.29, 0.717) is 17.4 Å². The second-order valence-electron chi connectivity index (χ2n) is 4.60. The molecular formula is C15H15NOS2. The van der Waals surface area contributed by atoms with E-state index in [4.69, 9.17) is 5.73 Å². The Labute approximate surface area is 119 Å². The van der Waals surface area contributed by atoms with Gasteiger partial charge in [-0.2, -0.15) is 0 Å². The van der Waals surface area contributed by atoms with E-state index in [1.54, 1.807) is 0 Å². The number of hydrogen-bond acceptors (Lipinski definition) is 3. The minimum absolute atomic E-state index is 0.363. The predicted molar refractivity (Wildman–Crippen MR) is 82.0 cm³/mol. The van der Waals surface area contributed by atoms with Crippen molar-refractivity contribution < 1.29 is 4.21 Å². The Balaban J connectivity index is 1.81. The fraction of sp³-hybridized carbons (Fsp3) is 0.200. The lowest BCUT2D eigenvalue weighted by Gasteiger charge is -2.11. The molecule has 2 unspecified atom stereocenters. The lowest BCUT2D eigenvalue weighted by atomic mass is 10.0. The number of benzene rings is 2. The Morgan fingerprint density at radius 3 is 2.74 bits per heavy atom. The van der Waals surface area contributed by atoms with Gasteiger partial charge in [0.1, 0.15) is 0 Å². The second kappa shape index (κ2) is 5.39. The summed E-state index contributed by atoms with van der Waals surface area (Å²) in [7, 11) is -1.03. The van der Waals surface area contributed by atoms with E-state index in [1.807, 2.05) is 36.0 Å². The average Bonchev–Trinajstić information content (AvgIpc) is 2.83. The van der Waals surface area contributed by atoms with Crippen molar-refractivity contribution >= 4 is 28.2 Å². The molecule has 4 heteroatoms. The molecule has 0 aromatic heterocycles. The van der Waals surface area contributed by atoms with Crippen LogP contribution >= 0.6 is 11.8 Å². The zero-order chi connectivity index (χ0) is 13.2. The molecule has 0 bridgehead atoms. The normalized spacial score (nSPS) is 19.1. The molecule has 19 heavy (non-hydrogen) atoms. The highest BCUT2D eigenvalue weighted by Gasteiger charge is 2.25. The molecule has 2 aromatic carbocycles. The SMILES string of the molecule is Nc1ccccc1S(=O)CC1CSc2ccccc21. The number of fused-ring (bicyclic) bond motifs is 1. The Morgan fingerprint density at radius 2 is 1.89 bits per heavy atom. The van der Waals surface area contributed by atoms with Gasteiger partial charge in [0, 0.05) is 28.0 Å². The summed E-state index contributed by atoms with van der Waals surface area (Å²) in [6.45, 7) is 0. The van der Waals surface area contributed by atoms with E-state index in [2.05, 4.69) is 24.3 Å². The molecule has 0 spiro atoms. The van der Waals surface area contributed by atoms with Gasteiger partial charge in [0.25, 0.3) is 0 Å². The summed E-state index contributed by atoms with van der Waals surface area (Å²) in [5, 5.41) is 0. The first kappa shape index (κ1) is 12.8. The van der Waals surface area contributed by atoms with Gasteiger partial charge in [-0.3, -0.25) is 4.21 Å². The van der Waals surface area contributed by atoms with Crippen LogP contribution in [0.4, 0.5) is 5.69 Å². The molecule has 0 fully saturated rings. The van der Waals surface area contributed by atoms with Crippen LogP contribution in [0.2, 0.25) is 0 Å². The molecule has 0 aliphatic carbocycles. The molecule has 0 radical (unpaired) electrons. The van der Waals surface area contributed by atoms with Crippen LogP contribution in [-0.4, -0.2) is 15.7 Å². The molecule has 2 N–H and O–H groups in total. The number of nitrogens with two attached hydrogens (primary N) is 1. The monoisotopic (exact) mass is 289 g/mol. The first-order valence-corrected chi connectivity index (χ1v) is 8.51. The fourth-order valence-corrected chi connectivity index (χ4v) is 5.13. The summed E-state index contributed by atoms with van der Waals surface area (Å²) in [6, 6.07) is 15.8. The maximum absolute atomic E-state index is 12.5. The van der Waals surface area contributed by atoms with Crippen molar-refractivity contribution in [2.24, 2.45) is 0 Å². The zero-order valence-corrected chi connectivity index (χ0v) is 12.0. The van der Waals surface area contributed by atoms with Crippen molar-refractivity contribution in [2.75, 3.05) is 17.2 Å². The third-order valence-corrected chi connectivity index (χ3v) is 6.14. The molecule has 2 aromatic rings. The van der Waals surface area contributed by atoms with Gasteiger partial charge >= 0.3 is 0 Å². The number of nitrogen functional groups attached to an aromatic ring is 1. The molecule has 2 nitrogen and oxygen atoms in total. The van der Waals surface area contributed by atoms with Crippen LogP contribution in [0.25, 0.3) is 0 Å². The van der Waals surface area contributed by atoms with Crippen LogP contribution in [0.15, 0.2) is 58.3 Å². The quantitative estimate of drug-likeness (QED) is 0.882. The van der Waals surface area contributed by atoms with E-state index in [9.17, 15) is 4.21 Å². The molecule has 0 saturated heterocycles. The molecular weight excluding hydrogens is 274 g/mol. The minimum Gasteiger partial charge on any atom is -0.398 e. The van der Waals surface area contributed by atoms with Crippen LogP contribution in [0.3, 0.4) is 0 Å². The van der Waals surface area contributed by atoms with Gasteiger partial charge < -0.3 is 5.73 Å². The van der Waals surface area contributed by atoms with Gasteiger partial charge in [-0.1, -0.05) is 30.3 Å². The first-order chi connectivity index (χ1) is 9.25. The number of rotatable bonds is 3. The number of para-hydroxylation sites is 1. The summed E-state index contributed by atoms with van der Waals surface area (Å²) < 4.78 is 12.5. The van der Waals surface area contributed by atoms with Crippen molar-refractivity contribution in [3.05, 3.63) is 54.1 Å². The van der Waals surface area contributed by atoms with E-state index < -0.39 is 10.8 Å². The molecule has 2 atom stereocenters. The maximum atomic E-state index is 12.5. The van der Waals surface area contributed by atoms with Crippen molar-refractivity contribution in [1.29, 1.82) is 0 Å². The van der Waals surface area contributed by atoms with Gasteiger partial charge in [-0.25, -0.2) is 0 Å². The van der Waals surface area contributed by atoms with Crippen molar-refractivity contribution in [1.82, 2.24) is 0 Å². The molecule has 0 saturated carbocycles. The van der Waals surface area contributed by atoms with E-state index in [-0.39, 0.29) is 0 Å². The molecule has 1 heterocycles.